The van der Waals surface area contributed by atoms with Gasteiger partial charge in [0.15, 0.2) is 5.82 Å². The van der Waals surface area contributed by atoms with Gasteiger partial charge < -0.3 is 20.1 Å². The summed E-state index contributed by atoms with van der Waals surface area (Å²) in [6.45, 7) is 2.98. The minimum absolute atomic E-state index is 0.0520. The molecule has 0 fully saturated rings. The van der Waals surface area contributed by atoms with Crippen LogP contribution in [0, 0.1) is 6.92 Å². The van der Waals surface area contributed by atoms with E-state index in [4.69, 9.17) is 4.52 Å². The van der Waals surface area contributed by atoms with Gasteiger partial charge in [0.25, 0.3) is 0 Å². The monoisotopic (exact) mass is 358 g/mol. The molecule has 1 unspecified atom stereocenters. The van der Waals surface area contributed by atoms with E-state index in [0.717, 1.165) is 5.56 Å². The summed E-state index contributed by atoms with van der Waals surface area (Å²) in [4.78, 5) is 37.2. The summed E-state index contributed by atoms with van der Waals surface area (Å²) < 4.78 is 4.87. The third-order valence-electron chi connectivity index (χ3n) is 3.66. The van der Waals surface area contributed by atoms with Gasteiger partial charge in [-0.1, -0.05) is 35.5 Å². The molecule has 26 heavy (non-hydrogen) atoms. The summed E-state index contributed by atoms with van der Waals surface area (Å²) in [5, 5.41) is 9.00. The first-order valence-corrected chi connectivity index (χ1v) is 8.14. The SMILES string of the molecule is CC(=O)NC(CC(=O)N(C)CC(=O)Nc1cc(C)on1)c1ccccc1. The number of amides is 3. The van der Waals surface area contributed by atoms with Gasteiger partial charge in [-0.2, -0.15) is 0 Å². The van der Waals surface area contributed by atoms with Gasteiger partial charge in [0, 0.05) is 20.0 Å². The fourth-order valence-electron chi connectivity index (χ4n) is 2.42. The van der Waals surface area contributed by atoms with E-state index in [1.807, 2.05) is 30.3 Å². The zero-order valence-corrected chi connectivity index (χ0v) is 15.0. The molecule has 0 radical (unpaired) electrons. The molecule has 138 valence electrons. The number of hydrogen-bond acceptors (Lipinski definition) is 5. The second-order valence-electron chi connectivity index (χ2n) is 5.99. The second-order valence-corrected chi connectivity index (χ2v) is 5.99. The Labute approximate surface area is 151 Å². The van der Waals surface area contributed by atoms with Gasteiger partial charge >= 0.3 is 0 Å². The number of rotatable bonds is 7. The highest BCUT2D eigenvalue weighted by molar-refractivity contribution is 5.93. The lowest BCUT2D eigenvalue weighted by molar-refractivity contribution is -0.134. The average molecular weight is 358 g/mol. The highest BCUT2D eigenvalue weighted by Gasteiger charge is 2.21. The lowest BCUT2D eigenvalue weighted by Gasteiger charge is -2.22. The van der Waals surface area contributed by atoms with Crippen LogP contribution in [0.3, 0.4) is 0 Å². The summed E-state index contributed by atoms with van der Waals surface area (Å²) in [5.41, 5.74) is 0.826. The molecule has 3 amide bonds. The van der Waals surface area contributed by atoms with Crippen LogP contribution < -0.4 is 10.6 Å². The van der Waals surface area contributed by atoms with Crippen molar-refractivity contribution in [3.63, 3.8) is 0 Å². The molecule has 2 rings (SSSR count). The molecule has 1 heterocycles. The molecule has 0 spiro atoms. The van der Waals surface area contributed by atoms with Crippen LogP contribution in [-0.2, 0) is 14.4 Å². The number of nitrogens with zero attached hydrogens (tertiary/aromatic N) is 2. The first kappa shape index (κ1) is 19.2. The molecular weight excluding hydrogens is 336 g/mol. The predicted octanol–water partition coefficient (Wildman–Crippen LogP) is 1.65. The van der Waals surface area contributed by atoms with Crippen molar-refractivity contribution in [1.29, 1.82) is 0 Å². The van der Waals surface area contributed by atoms with Crippen LogP contribution in [0.2, 0.25) is 0 Å². The van der Waals surface area contributed by atoms with Crippen molar-refractivity contribution < 1.29 is 18.9 Å². The maximum absolute atomic E-state index is 12.5. The van der Waals surface area contributed by atoms with E-state index in [1.165, 1.54) is 18.9 Å². The molecule has 0 saturated carbocycles. The summed E-state index contributed by atoms with van der Waals surface area (Å²) in [6.07, 6.45) is 0.0520. The molecule has 0 aliphatic heterocycles. The van der Waals surface area contributed by atoms with Gasteiger partial charge in [-0.25, -0.2) is 0 Å². The molecule has 0 bridgehead atoms. The predicted molar refractivity (Wildman–Crippen MR) is 95.1 cm³/mol. The van der Waals surface area contributed by atoms with Crippen LogP contribution in [-0.4, -0.2) is 41.4 Å². The molecule has 2 aromatic rings. The maximum atomic E-state index is 12.5. The number of carbonyl (C=O) groups is 3. The van der Waals surface area contributed by atoms with Crippen LogP contribution >= 0.6 is 0 Å². The van der Waals surface area contributed by atoms with E-state index in [1.54, 1.807) is 13.0 Å². The van der Waals surface area contributed by atoms with Crippen molar-refractivity contribution in [1.82, 2.24) is 15.4 Å². The van der Waals surface area contributed by atoms with Crippen LogP contribution in [0.1, 0.15) is 30.7 Å². The Bertz CT molecular complexity index is 773. The van der Waals surface area contributed by atoms with Gasteiger partial charge in [0.1, 0.15) is 5.76 Å². The van der Waals surface area contributed by atoms with E-state index in [-0.39, 0.29) is 30.7 Å². The maximum Gasteiger partial charge on any atom is 0.245 e. The van der Waals surface area contributed by atoms with Crippen molar-refractivity contribution in [3.8, 4) is 0 Å². The van der Waals surface area contributed by atoms with Gasteiger partial charge in [0.2, 0.25) is 17.7 Å². The molecule has 2 N–H and O–H groups in total. The van der Waals surface area contributed by atoms with Crippen molar-refractivity contribution in [2.45, 2.75) is 26.3 Å². The molecular formula is C18H22N4O4. The number of benzene rings is 1. The van der Waals surface area contributed by atoms with Gasteiger partial charge in [-0.3, -0.25) is 14.4 Å². The van der Waals surface area contributed by atoms with E-state index < -0.39 is 6.04 Å². The normalized spacial score (nSPS) is 11.5. The van der Waals surface area contributed by atoms with E-state index in [9.17, 15) is 14.4 Å². The lowest BCUT2D eigenvalue weighted by atomic mass is 10.0. The molecule has 8 nitrogen and oxygen atoms in total. The third kappa shape index (κ3) is 5.73. The number of nitrogens with one attached hydrogen (secondary N) is 2. The van der Waals surface area contributed by atoms with Gasteiger partial charge in [-0.05, 0) is 12.5 Å². The third-order valence-corrected chi connectivity index (χ3v) is 3.66. The molecule has 0 aliphatic rings. The van der Waals surface area contributed by atoms with Crippen molar-refractivity contribution in [2.24, 2.45) is 0 Å². The minimum atomic E-state index is -0.454. The highest BCUT2D eigenvalue weighted by atomic mass is 16.5. The van der Waals surface area contributed by atoms with E-state index >= 15 is 0 Å². The summed E-state index contributed by atoms with van der Waals surface area (Å²) in [7, 11) is 1.53. The Morgan fingerprint density at radius 2 is 1.92 bits per heavy atom. The number of aromatic nitrogens is 1. The van der Waals surface area contributed by atoms with Gasteiger partial charge in [0.05, 0.1) is 19.0 Å². The van der Waals surface area contributed by atoms with E-state index in [2.05, 4.69) is 15.8 Å². The largest absolute Gasteiger partial charge is 0.360 e. The lowest BCUT2D eigenvalue weighted by Crippen LogP contribution is -2.38. The number of aryl methyl sites for hydroxylation is 1. The standard InChI is InChI=1S/C18H22N4O4/c1-12-9-16(21-26-12)20-17(24)11-22(3)18(25)10-15(19-13(2)23)14-7-5-4-6-8-14/h4-9,15H,10-11H2,1-3H3,(H,19,23)(H,20,21,24). The number of likely N-dealkylation sites (N-methyl/N-ethyl adjacent to an activating group) is 1. The molecule has 1 atom stereocenters. The minimum Gasteiger partial charge on any atom is -0.360 e. The smallest absolute Gasteiger partial charge is 0.245 e. The molecule has 1 aromatic carbocycles. The molecule has 8 heteroatoms. The van der Waals surface area contributed by atoms with Gasteiger partial charge in [-0.15, -0.1) is 0 Å². The number of carbonyl (C=O) groups excluding carboxylic acids is 3. The van der Waals surface area contributed by atoms with Crippen LogP contribution in [0.5, 0.6) is 0 Å². The number of anilines is 1. The van der Waals surface area contributed by atoms with Crippen LogP contribution in [0.4, 0.5) is 5.82 Å². The van der Waals surface area contributed by atoms with Crippen molar-refractivity contribution in [3.05, 3.63) is 47.7 Å². The highest BCUT2D eigenvalue weighted by Crippen LogP contribution is 2.17. The molecule has 1 aromatic heterocycles. The van der Waals surface area contributed by atoms with Crippen LogP contribution in [0.15, 0.2) is 40.9 Å². The Balaban J connectivity index is 1.94. The first-order chi connectivity index (χ1) is 12.3. The zero-order valence-electron chi connectivity index (χ0n) is 15.0. The summed E-state index contributed by atoms with van der Waals surface area (Å²) >= 11 is 0. The zero-order chi connectivity index (χ0) is 19.1. The van der Waals surface area contributed by atoms with E-state index in [0.29, 0.717) is 11.6 Å². The Morgan fingerprint density at radius 3 is 2.50 bits per heavy atom. The summed E-state index contributed by atoms with van der Waals surface area (Å²) in [5.74, 6) is -0.00280. The van der Waals surface area contributed by atoms with Crippen molar-refractivity contribution >= 4 is 23.5 Å². The number of hydrogen-bond donors (Lipinski definition) is 2. The fourth-order valence-corrected chi connectivity index (χ4v) is 2.42. The topological polar surface area (TPSA) is 105 Å². The van der Waals surface area contributed by atoms with Crippen molar-refractivity contribution in [2.75, 3.05) is 18.9 Å². The molecule has 0 aliphatic carbocycles. The average Bonchev–Trinajstić information content (AvgIpc) is 2.99. The van der Waals surface area contributed by atoms with Crippen LogP contribution in [0.25, 0.3) is 0 Å². The second kappa shape index (κ2) is 8.80. The Hall–Kier alpha value is -3.16. The Kier molecular flexibility index (Phi) is 6.48. The quantitative estimate of drug-likeness (QED) is 0.783. The fraction of sp³-hybridized carbons (Fsp3) is 0.333. The molecule has 0 saturated heterocycles. The Morgan fingerprint density at radius 1 is 1.23 bits per heavy atom. The summed E-state index contributed by atoms with van der Waals surface area (Å²) in [6, 6.07) is 10.4. The first-order valence-electron chi connectivity index (χ1n) is 8.14.